The van der Waals surface area contributed by atoms with E-state index in [1.54, 1.807) is 0 Å². The predicted molar refractivity (Wildman–Crippen MR) is 83.9 cm³/mol. The van der Waals surface area contributed by atoms with Crippen molar-refractivity contribution in [2.75, 3.05) is 11.4 Å². The van der Waals surface area contributed by atoms with Gasteiger partial charge in [0.05, 0.1) is 17.0 Å². The maximum absolute atomic E-state index is 12.2. The quantitative estimate of drug-likeness (QED) is 0.837. The first-order valence-corrected chi connectivity index (χ1v) is 8.27. The zero-order chi connectivity index (χ0) is 15.0. The SMILES string of the molecule is CC[C@@H]1CCCCN1c1nc(C)c2c(n1)C[C@H](C)CC2=O. The molecule has 4 heteroatoms. The molecule has 3 rings (SSSR count). The van der Waals surface area contributed by atoms with E-state index in [4.69, 9.17) is 4.98 Å². The van der Waals surface area contributed by atoms with Gasteiger partial charge in [0.2, 0.25) is 5.95 Å². The molecule has 2 heterocycles. The van der Waals surface area contributed by atoms with E-state index in [0.29, 0.717) is 18.4 Å². The summed E-state index contributed by atoms with van der Waals surface area (Å²) in [6.07, 6.45) is 6.42. The Morgan fingerprint density at radius 2 is 2.05 bits per heavy atom. The Kier molecular flexibility index (Phi) is 3.96. The van der Waals surface area contributed by atoms with Gasteiger partial charge >= 0.3 is 0 Å². The number of nitrogens with zero attached hydrogens (tertiary/aromatic N) is 3. The predicted octanol–water partition coefficient (Wildman–Crippen LogP) is 3.32. The van der Waals surface area contributed by atoms with Gasteiger partial charge in [-0.1, -0.05) is 13.8 Å². The summed E-state index contributed by atoms with van der Waals surface area (Å²) in [4.78, 5) is 24.1. The molecule has 1 fully saturated rings. The number of hydrogen-bond donors (Lipinski definition) is 0. The molecule has 4 nitrogen and oxygen atoms in total. The Hall–Kier alpha value is -1.45. The van der Waals surface area contributed by atoms with Crippen molar-refractivity contribution < 1.29 is 4.79 Å². The van der Waals surface area contributed by atoms with E-state index in [-0.39, 0.29) is 5.78 Å². The van der Waals surface area contributed by atoms with Gasteiger partial charge in [0, 0.05) is 19.0 Å². The molecule has 114 valence electrons. The van der Waals surface area contributed by atoms with Crippen molar-refractivity contribution in [3.8, 4) is 0 Å². The van der Waals surface area contributed by atoms with Crippen LogP contribution >= 0.6 is 0 Å². The number of aryl methyl sites for hydroxylation is 1. The van der Waals surface area contributed by atoms with Crippen LogP contribution in [0.4, 0.5) is 5.95 Å². The highest BCUT2D eigenvalue weighted by Crippen LogP contribution is 2.30. The van der Waals surface area contributed by atoms with Crippen molar-refractivity contribution in [2.24, 2.45) is 5.92 Å². The van der Waals surface area contributed by atoms with Crippen molar-refractivity contribution in [3.05, 3.63) is 17.0 Å². The third kappa shape index (κ3) is 2.68. The van der Waals surface area contributed by atoms with E-state index < -0.39 is 0 Å². The van der Waals surface area contributed by atoms with Gasteiger partial charge in [-0.15, -0.1) is 0 Å². The van der Waals surface area contributed by atoms with Crippen molar-refractivity contribution in [2.45, 2.75) is 65.3 Å². The molecule has 0 aromatic carbocycles. The molecule has 21 heavy (non-hydrogen) atoms. The van der Waals surface area contributed by atoms with Gasteiger partial charge in [0.25, 0.3) is 0 Å². The smallest absolute Gasteiger partial charge is 0.226 e. The Balaban J connectivity index is 1.99. The number of piperidine rings is 1. The highest BCUT2D eigenvalue weighted by atomic mass is 16.1. The molecule has 0 spiro atoms. The number of anilines is 1. The first-order chi connectivity index (χ1) is 10.1. The van der Waals surface area contributed by atoms with E-state index in [1.807, 2.05) is 6.92 Å². The number of fused-ring (bicyclic) bond motifs is 1. The van der Waals surface area contributed by atoms with Crippen LogP contribution in [0.3, 0.4) is 0 Å². The zero-order valence-corrected chi connectivity index (χ0v) is 13.4. The fraction of sp³-hybridized carbons (Fsp3) is 0.706. The number of rotatable bonds is 2. The van der Waals surface area contributed by atoms with Crippen LogP contribution in [0.5, 0.6) is 0 Å². The summed E-state index contributed by atoms with van der Waals surface area (Å²) in [6.45, 7) is 7.37. The maximum atomic E-state index is 12.2. The van der Waals surface area contributed by atoms with Crippen LogP contribution < -0.4 is 4.90 Å². The average molecular weight is 287 g/mol. The standard InChI is InChI=1S/C17H25N3O/c1-4-13-7-5-6-8-20(13)17-18-12(3)16-14(19-17)9-11(2)10-15(16)21/h11,13H,4-10H2,1-3H3/t11-,13+/m0/s1. The van der Waals surface area contributed by atoms with Crippen LogP contribution in [0.1, 0.15) is 67.7 Å². The summed E-state index contributed by atoms with van der Waals surface area (Å²) >= 11 is 0. The van der Waals surface area contributed by atoms with E-state index in [1.165, 1.54) is 19.3 Å². The second-order valence-corrected chi connectivity index (χ2v) is 6.62. The summed E-state index contributed by atoms with van der Waals surface area (Å²) < 4.78 is 0. The van der Waals surface area contributed by atoms with Crippen molar-refractivity contribution >= 4 is 11.7 Å². The fourth-order valence-corrected chi connectivity index (χ4v) is 3.76. The van der Waals surface area contributed by atoms with Gasteiger partial charge in [-0.3, -0.25) is 4.79 Å². The van der Waals surface area contributed by atoms with Gasteiger partial charge in [-0.05, 0) is 44.9 Å². The zero-order valence-electron chi connectivity index (χ0n) is 13.4. The monoisotopic (exact) mass is 287 g/mol. The van der Waals surface area contributed by atoms with Crippen molar-refractivity contribution in [1.82, 2.24) is 9.97 Å². The van der Waals surface area contributed by atoms with Gasteiger partial charge < -0.3 is 4.90 Å². The number of carbonyl (C=O) groups is 1. The largest absolute Gasteiger partial charge is 0.338 e. The van der Waals surface area contributed by atoms with E-state index in [2.05, 4.69) is 23.7 Å². The highest BCUT2D eigenvalue weighted by Gasteiger charge is 2.29. The Morgan fingerprint density at radius 1 is 1.24 bits per heavy atom. The molecule has 0 saturated carbocycles. The summed E-state index contributed by atoms with van der Waals surface area (Å²) in [6, 6.07) is 0.549. The molecule has 1 aliphatic heterocycles. The van der Waals surface area contributed by atoms with Gasteiger partial charge in [-0.2, -0.15) is 0 Å². The molecule has 1 aromatic heterocycles. The number of ketones is 1. The Bertz CT molecular complexity index is 555. The third-order valence-electron chi connectivity index (χ3n) is 4.86. The summed E-state index contributed by atoms with van der Waals surface area (Å²) in [5, 5.41) is 0. The molecular formula is C17H25N3O. The van der Waals surface area contributed by atoms with Gasteiger partial charge in [0.1, 0.15) is 0 Å². The molecule has 1 saturated heterocycles. The fourth-order valence-electron chi connectivity index (χ4n) is 3.76. The number of Topliss-reactive ketones (excluding diaryl/α,β-unsaturated/α-hetero) is 1. The summed E-state index contributed by atoms with van der Waals surface area (Å²) in [5.74, 6) is 1.47. The average Bonchev–Trinajstić information content (AvgIpc) is 2.45. The van der Waals surface area contributed by atoms with Crippen LogP contribution in [0.25, 0.3) is 0 Å². The second-order valence-electron chi connectivity index (χ2n) is 6.62. The molecular weight excluding hydrogens is 262 g/mol. The molecule has 2 aliphatic rings. The summed E-state index contributed by atoms with van der Waals surface area (Å²) in [7, 11) is 0. The maximum Gasteiger partial charge on any atom is 0.226 e. The Morgan fingerprint density at radius 3 is 2.81 bits per heavy atom. The first kappa shape index (κ1) is 14.5. The van der Waals surface area contributed by atoms with Crippen LogP contribution in [0.15, 0.2) is 0 Å². The van der Waals surface area contributed by atoms with E-state index in [0.717, 1.165) is 42.3 Å². The van der Waals surface area contributed by atoms with Crippen molar-refractivity contribution in [1.29, 1.82) is 0 Å². The summed E-state index contributed by atoms with van der Waals surface area (Å²) in [5.41, 5.74) is 2.64. The van der Waals surface area contributed by atoms with Crippen LogP contribution in [0.2, 0.25) is 0 Å². The minimum atomic E-state index is 0.221. The number of aromatic nitrogens is 2. The van der Waals surface area contributed by atoms with Gasteiger partial charge in [-0.25, -0.2) is 9.97 Å². The third-order valence-corrected chi connectivity index (χ3v) is 4.86. The molecule has 1 aliphatic carbocycles. The minimum Gasteiger partial charge on any atom is -0.338 e. The van der Waals surface area contributed by atoms with E-state index >= 15 is 0 Å². The molecule has 0 radical (unpaired) electrons. The molecule has 1 aromatic rings. The lowest BCUT2D eigenvalue weighted by Gasteiger charge is -2.36. The molecule has 2 atom stereocenters. The molecule has 0 unspecified atom stereocenters. The molecule has 0 bridgehead atoms. The highest BCUT2D eigenvalue weighted by molar-refractivity contribution is 5.99. The second kappa shape index (κ2) is 5.74. The molecule has 0 N–H and O–H groups in total. The van der Waals surface area contributed by atoms with E-state index in [9.17, 15) is 4.79 Å². The lowest BCUT2D eigenvalue weighted by molar-refractivity contribution is 0.0951. The number of carbonyl (C=O) groups excluding carboxylic acids is 1. The van der Waals surface area contributed by atoms with Crippen LogP contribution in [-0.4, -0.2) is 28.3 Å². The minimum absolute atomic E-state index is 0.221. The number of hydrogen-bond acceptors (Lipinski definition) is 4. The Labute approximate surface area is 127 Å². The van der Waals surface area contributed by atoms with Crippen molar-refractivity contribution in [3.63, 3.8) is 0 Å². The topological polar surface area (TPSA) is 46.1 Å². The first-order valence-electron chi connectivity index (χ1n) is 8.27. The normalized spacial score (nSPS) is 25.9. The lowest BCUT2D eigenvalue weighted by Crippen LogP contribution is -2.40. The van der Waals surface area contributed by atoms with Gasteiger partial charge in [0.15, 0.2) is 5.78 Å². The lowest BCUT2D eigenvalue weighted by atomic mass is 9.86. The van der Waals surface area contributed by atoms with Crippen LogP contribution in [-0.2, 0) is 6.42 Å². The molecule has 0 amide bonds. The van der Waals surface area contributed by atoms with Crippen LogP contribution in [0, 0.1) is 12.8 Å².